The summed E-state index contributed by atoms with van der Waals surface area (Å²) in [5.41, 5.74) is 0.847. The topological polar surface area (TPSA) is 24.7 Å². The molecule has 50 valence electrons. The van der Waals surface area contributed by atoms with Crippen LogP contribution in [0, 0.1) is 0 Å². The maximum absolute atomic E-state index is 4.01. The van der Waals surface area contributed by atoms with Crippen molar-refractivity contribution < 1.29 is 0 Å². The van der Waals surface area contributed by atoms with Gasteiger partial charge in [-0.2, -0.15) is 0 Å². The van der Waals surface area contributed by atoms with Crippen molar-refractivity contribution >= 4 is 12.6 Å². The van der Waals surface area contributed by atoms with E-state index in [2.05, 4.69) is 23.3 Å². The summed E-state index contributed by atoms with van der Waals surface area (Å²) in [5, 5.41) is 0. The summed E-state index contributed by atoms with van der Waals surface area (Å²) in [6, 6.07) is 0. The molecule has 0 rings (SSSR count). The van der Waals surface area contributed by atoms with Crippen LogP contribution in [0.4, 0.5) is 0 Å². The zero-order valence-electron chi connectivity index (χ0n) is 6.02. The Kier molecular flexibility index (Phi) is 3.60. The largest absolute Gasteiger partial charge is 0.250 e. The van der Waals surface area contributed by atoms with Crippen molar-refractivity contribution in [2.75, 3.05) is 0 Å². The van der Waals surface area contributed by atoms with Crippen molar-refractivity contribution in [3.05, 3.63) is 12.3 Å². The van der Waals surface area contributed by atoms with Gasteiger partial charge in [0, 0.05) is 5.70 Å². The predicted molar refractivity (Wildman–Crippen MR) is 42.1 cm³/mol. The van der Waals surface area contributed by atoms with Gasteiger partial charge < -0.3 is 0 Å². The number of nitrogens with zero attached hydrogens (tertiary/aromatic N) is 2. The zero-order valence-corrected chi connectivity index (χ0v) is 6.02. The number of aliphatic imine (C=N–C) groups is 2. The molecule has 0 aliphatic heterocycles. The Hall–Kier alpha value is -0.920. The molecule has 2 nitrogen and oxygen atoms in total. The van der Waals surface area contributed by atoms with Crippen LogP contribution >= 0.6 is 0 Å². The Balaban J connectivity index is 3.94. The summed E-state index contributed by atoms with van der Waals surface area (Å²) < 4.78 is 0. The fourth-order valence-electron chi connectivity index (χ4n) is 0.343. The van der Waals surface area contributed by atoms with Crippen molar-refractivity contribution in [2.45, 2.75) is 20.3 Å². The van der Waals surface area contributed by atoms with Gasteiger partial charge in [0.05, 0.1) is 0 Å². The highest BCUT2D eigenvalue weighted by Crippen LogP contribution is 1.98. The minimum absolute atomic E-state index is 0.682. The van der Waals surface area contributed by atoms with Gasteiger partial charge in [-0.25, -0.2) is 9.98 Å². The van der Waals surface area contributed by atoms with Gasteiger partial charge in [-0.1, -0.05) is 13.5 Å². The Morgan fingerprint density at radius 1 is 1.56 bits per heavy atom. The van der Waals surface area contributed by atoms with E-state index in [1.54, 1.807) is 6.92 Å². The van der Waals surface area contributed by atoms with Crippen LogP contribution in [0.3, 0.4) is 0 Å². The van der Waals surface area contributed by atoms with E-state index in [1.807, 2.05) is 6.92 Å². The molecule has 0 unspecified atom stereocenters. The van der Waals surface area contributed by atoms with Crippen molar-refractivity contribution in [1.29, 1.82) is 0 Å². The molecule has 0 radical (unpaired) electrons. The molecule has 0 aliphatic rings. The first-order valence-electron chi connectivity index (χ1n) is 2.90. The molecule has 0 aromatic heterocycles. The standard InChI is InChI=1S/C7H12N2/c1-5-6(2)9-7(3)8-4/h2,4-5H2,1,3H3. The second kappa shape index (κ2) is 4.01. The Morgan fingerprint density at radius 3 is 2.44 bits per heavy atom. The molecule has 0 bridgehead atoms. The van der Waals surface area contributed by atoms with Crippen LogP contribution < -0.4 is 0 Å². The van der Waals surface area contributed by atoms with E-state index in [0.29, 0.717) is 5.84 Å². The lowest BCUT2D eigenvalue weighted by Gasteiger charge is -1.92. The molecule has 0 heterocycles. The van der Waals surface area contributed by atoms with E-state index in [4.69, 9.17) is 0 Å². The first-order chi connectivity index (χ1) is 4.20. The monoisotopic (exact) mass is 124 g/mol. The van der Waals surface area contributed by atoms with Crippen molar-refractivity contribution in [1.82, 2.24) is 0 Å². The van der Waals surface area contributed by atoms with Crippen LogP contribution in [0.25, 0.3) is 0 Å². The molecule has 0 saturated heterocycles. The summed E-state index contributed by atoms with van der Waals surface area (Å²) in [5.74, 6) is 0.682. The Bertz CT molecular complexity index is 145. The van der Waals surface area contributed by atoms with Crippen molar-refractivity contribution in [3.8, 4) is 0 Å². The van der Waals surface area contributed by atoms with E-state index in [9.17, 15) is 0 Å². The smallest absolute Gasteiger partial charge is 0.124 e. The third-order valence-electron chi connectivity index (χ3n) is 0.957. The van der Waals surface area contributed by atoms with Crippen LogP contribution in [0.1, 0.15) is 20.3 Å². The molecule has 0 atom stereocenters. The van der Waals surface area contributed by atoms with Crippen molar-refractivity contribution in [3.63, 3.8) is 0 Å². The maximum Gasteiger partial charge on any atom is 0.124 e. The van der Waals surface area contributed by atoms with Gasteiger partial charge in [-0.3, -0.25) is 0 Å². The molecule has 0 saturated carbocycles. The molecular weight excluding hydrogens is 112 g/mol. The highest BCUT2D eigenvalue weighted by Gasteiger charge is 1.84. The van der Waals surface area contributed by atoms with Crippen LogP contribution in [-0.4, -0.2) is 12.6 Å². The molecule has 0 fully saturated rings. The van der Waals surface area contributed by atoms with Crippen LogP contribution in [0.2, 0.25) is 0 Å². The van der Waals surface area contributed by atoms with Crippen LogP contribution in [-0.2, 0) is 0 Å². The SMILES string of the molecule is C=NC(C)=NC(=C)CC. The molecule has 2 heteroatoms. The van der Waals surface area contributed by atoms with E-state index >= 15 is 0 Å². The third kappa shape index (κ3) is 3.64. The zero-order chi connectivity index (χ0) is 7.28. The second-order valence-corrected chi connectivity index (χ2v) is 1.74. The Labute approximate surface area is 56.0 Å². The quantitative estimate of drug-likeness (QED) is 0.397. The normalized spacial score (nSPS) is 11.1. The van der Waals surface area contributed by atoms with Gasteiger partial charge >= 0.3 is 0 Å². The van der Waals surface area contributed by atoms with E-state index in [0.717, 1.165) is 12.1 Å². The summed E-state index contributed by atoms with van der Waals surface area (Å²) in [4.78, 5) is 7.62. The van der Waals surface area contributed by atoms with Gasteiger partial charge in [0.15, 0.2) is 0 Å². The molecule has 0 N–H and O–H groups in total. The lowest BCUT2D eigenvalue weighted by atomic mass is 10.4. The van der Waals surface area contributed by atoms with Gasteiger partial charge in [0.25, 0.3) is 0 Å². The minimum atomic E-state index is 0.682. The Morgan fingerprint density at radius 2 is 2.11 bits per heavy atom. The average Bonchev–Trinajstić information content (AvgIpc) is 1.87. The molecule has 0 spiro atoms. The summed E-state index contributed by atoms with van der Waals surface area (Å²) in [6.45, 7) is 10.8. The highest BCUT2D eigenvalue weighted by molar-refractivity contribution is 5.84. The van der Waals surface area contributed by atoms with Gasteiger partial charge in [0.2, 0.25) is 0 Å². The van der Waals surface area contributed by atoms with E-state index < -0.39 is 0 Å². The van der Waals surface area contributed by atoms with Crippen LogP contribution in [0.15, 0.2) is 22.3 Å². The molecule has 9 heavy (non-hydrogen) atoms. The summed E-state index contributed by atoms with van der Waals surface area (Å²) in [7, 11) is 0. The fourth-order valence-corrected chi connectivity index (χ4v) is 0.343. The first-order valence-corrected chi connectivity index (χ1v) is 2.90. The second-order valence-electron chi connectivity index (χ2n) is 1.74. The predicted octanol–water partition coefficient (Wildman–Crippen LogP) is 2.03. The van der Waals surface area contributed by atoms with Gasteiger partial charge in [-0.15, -0.1) is 0 Å². The number of rotatable bonds is 2. The minimum Gasteiger partial charge on any atom is -0.250 e. The summed E-state index contributed by atoms with van der Waals surface area (Å²) in [6.07, 6.45) is 0.868. The molecular formula is C7H12N2. The van der Waals surface area contributed by atoms with Gasteiger partial charge in [0.1, 0.15) is 5.84 Å². The van der Waals surface area contributed by atoms with Crippen molar-refractivity contribution in [2.24, 2.45) is 9.98 Å². The van der Waals surface area contributed by atoms with E-state index in [-0.39, 0.29) is 0 Å². The average molecular weight is 124 g/mol. The summed E-state index contributed by atoms with van der Waals surface area (Å²) >= 11 is 0. The number of hydrogen-bond donors (Lipinski definition) is 0. The molecule has 0 aromatic rings. The third-order valence-corrected chi connectivity index (χ3v) is 0.957. The number of allylic oxidation sites excluding steroid dienone is 1. The molecule has 0 aromatic carbocycles. The maximum atomic E-state index is 4.01. The highest BCUT2D eigenvalue weighted by atomic mass is 14.9. The van der Waals surface area contributed by atoms with Crippen LogP contribution in [0.5, 0.6) is 0 Å². The lowest BCUT2D eigenvalue weighted by Crippen LogP contribution is -1.83. The first kappa shape index (κ1) is 8.08. The van der Waals surface area contributed by atoms with E-state index in [1.165, 1.54) is 0 Å². The fraction of sp³-hybridized carbons (Fsp3) is 0.429. The molecule has 0 aliphatic carbocycles. The number of amidine groups is 1. The lowest BCUT2D eigenvalue weighted by molar-refractivity contribution is 1.07. The van der Waals surface area contributed by atoms with Gasteiger partial charge in [-0.05, 0) is 20.1 Å². The number of hydrogen-bond acceptors (Lipinski definition) is 1. The molecule has 0 amide bonds.